The molecule has 0 bridgehead atoms. The van der Waals surface area contributed by atoms with E-state index in [9.17, 15) is 4.39 Å². The maximum atomic E-state index is 9.96. The molecule has 6 N–H and O–H groups in total. The van der Waals surface area contributed by atoms with Crippen LogP contribution in [0.1, 0.15) is 27.1 Å². The molecule has 36 heavy (non-hydrogen) atoms. The Hall–Kier alpha value is -1.11. The minimum atomic E-state index is -1.00. The molecule has 4 heterocycles. The van der Waals surface area contributed by atoms with Crippen LogP contribution < -0.4 is 45.8 Å². The molecule has 13 heteroatoms. The van der Waals surface area contributed by atoms with Gasteiger partial charge in [0.1, 0.15) is 29.7 Å². The number of alkyl halides is 2. The molecule has 0 saturated carbocycles. The van der Waals surface area contributed by atoms with E-state index in [0.29, 0.717) is 11.6 Å². The minimum absolute atomic E-state index is 0. The quantitative estimate of drug-likeness (QED) is 0.342. The molecule has 0 spiro atoms. The SMILES string of the molecule is Cl.ClCCN1CCCC1.Nc1ccc(O)cn1.Nc1ccc(OCCN2CCCC2)cn1.[2H]CF.[Na+].[OH-]. The fourth-order valence-electron chi connectivity index (χ4n) is 3.30. The Labute approximate surface area is 249 Å². The number of aromatic hydroxyl groups is 1. The van der Waals surface area contributed by atoms with Gasteiger partial charge in [-0.15, -0.1) is 24.0 Å². The molecular formula is C23H40Cl2FN6NaO3. The van der Waals surface area contributed by atoms with E-state index in [-0.39, 0.29) is 53.2 Å². The van der Waals surface area contributed by atoms with Crippen LogP contribution in [-0.4, -0.2) is 89.3 Å². The van der Waals surface area contributed by atoms with Gasteiger partial charge in [0.25, 0.3) is 0 Å². The largest absolute Gasteiger partial charge is 1.00 e. The molecule has 202 valence electrons. The number of nitrogens with zero attached hydrogens (tertiary/aromatic N) is 4. The van der Waals surface area contributed by atoms with Crippen LogP contribution >= 0.6 is 24.0 Å². The molecule has 2 saturated heterocycles. The predicted octanol–water partition coefficient (Wildman–Crippen LogP) is 0.664. The summed E-state index contributed by atoms with van der Waals surface area (Å²) in [5.74, 6) is 2.67. The van der Waals surface area contributed by atoms with Crippen molar-refractivity contribution >= 4 is 35.6 Å². The van der Waals surface area contributed by atoms with E-state index < -0.39 is 7.15 Å². The van der Waals surface area contributed by atoms with Gasteiger partial charge < -0.3 is 31.7 Å². The van der Waals surface area contributed by atoms with E-state index >= 15 is 0 Å². The van der Waals surface area contributed by atoms with Gasteiger partial charge in [0, 0.05) is 19.0 Å². The molecule has 2 aliphatic heterocycles. The molecule has 0 aromatic carbocycles. The molecule has 2 aromatic heterocycles. The molecular weight excluding hydrogens is 521 g/mol. The number of hydrogen-bond donors (Lipinski definition) is 3. The summed E-state index contributed by atoms with van der Waals surface area (Å²) in [6, 6.07) is 6.63. The van der Waals surface area contributed by atoms with Gasteiger partial charge in [-0.05, 0) is 76.1 Å². The third kappa shape index (κ3) is 19.1. The predicted molar refractivity (Wildman–Crippen MR) is 143 cm³/mol. The van der Waals surface area contributed by atoms with Crippen LogP contribution in [0.3, 0.4) is 0 Å². The van der Waals surface area contributed by atoms with Gasteiger partial charge in [-0.1, -0.05) is 0 Å². The Morgan fingerprint density at radius 2 is 1.44 bits per heavy atom. The van der Waals surface area contributed by atoms with Gasteiger partial charge in [0.15, 0.2) is 0 Å². The maximum Gasteiger partial charge on any atom is 1.00 e. The summed E-state index contributed by atoms with van der Waals surface area (Å²) in [5.41, 5.74) is 10.7. The third-order valence-corrected chi connectivity index (χ3v) is 5.17. The average Bonchev–Trinajstić information content (AvgIpc) is 3.54. The topological polar surface area (TPSA) is 144 Å². The van der Waals surface area contributed by atoms with E-state index in [0.717, 1.165) is 31.3 Å². The smallest absolute Gasteiger partial charge is 0.870 e. The van der Waals surface area contributed by atoms with E-state index in [1.54, 1.807) is 12.3 Å². The van der Waals surface area contributed by atoms with Crippen LogP contribution in [-0.2, 0) is 0 Å². The number of rotatable bonds is 6. The summed E-state index contributed by atoms with van der Waals surface area (Å²) in [5, 5.41) is 8.64. The van der Waals surface area contributed by atoms with E-state index in [2.05, 4.69) is 19.8 Å². The Morgan fingerprint density at radius 1 is 0.972 bits per heavy atom. The van der Waals surface area contributed by atoms with Crippen LogP contribution in [0.15, 0.2) is 36.7 Å². The van der Waals surface area contributed by atoms with Crippen molar-refractivity contribution in [3.8, 4) is 11.5 Å². The fourth-order valence-corrected chi connectivity index (χ4v) is 3.54. The first-order chi connectivity index (χ1) is 16.5. The Balaban J connectivity index is -0.000000455. The number of aromatic nitrogens is 2. The number of likely N-dealkylation sites (tertiary alicyclic amines) is 2. The molecule has 0 aliphatic carbocycles. The molecule has 2 fully saturated rings. The zero-order valence-electron chi connectivity index (χ0n) is 22.1. The number of ether oxygens (including phenoxy) is 1. The molecule has 0 radical (unpaired) electrons. The van der Waals surface area contributed by atoms with Gasteiger partial charge in [0.2, 0.25) is 0 Å². The third-order valence-electron chi connectivity index (χ3n) is 5.00. The number of hydrogen-bond acceptors (Lipinski definition) is 9. The van der Waals surface area contributed by atoms with E-state index in [1.165, 1.54) is 70.2 Å². The maximum absolute atomic E-state index is 9.96. The number of nitrogens with two attached hydrogens (primary N) is 2. The first kappa shape index (κ1) is 37.0. The molecule has 2 aromatic rings. The van der Waals surface area contributed by atoms with Crippen molar-refractivity contribution in [2.75, 3.05) is 70.4 Å². The monoisotopic (exact) mass is 561 g/mol. The van der Waals surface area contributed by atoms with Crippen LogP contribution in [0.2, 0.25) is 0 Å². The molecule has 4 rings (SSSR count). The summed E-state index contributed by atoms with van der Waals surface area (Å²) >= 11 is 5.54. The summed E-state index contributed by atoms with van der Waals surface area (Å²) < 4.78 is 21.1. The van der Waals surface area contributed by atoms with Crippen molar-refractivity contribution in [2.45, 2.75) is 25.7 Å². The average molecular weight is 563 g/mol. The first-order valence-corrected chi connectivity index (χ1v) is 11.6. The summed E-state index contributed by atoms with van der Waals surface area (Å²) in [6.07, 6.45) is 8.36. The van der Waals surface area contributed by atoms with E-state index in [1.807, 2.05) is 6.07 Å². The Bertz CT molecular complexity index is 727. The second-order valence-corrected chi connectivity index (χ2v) is 7.87. The minimum Gasteiger partial charge on any atom is -0.870 e. The van der Waals surface area contributed by atoms with Crippen molar-refractivity contribution < 1.29 is 50.6 Å². The Kier molecular flexibility index (Phi) is 26.3. The first-order valence-electron chi connectivity index (χ1n) is 11.8. The molecule has 0 amide bonds. The number of halogens is 3. The summed E-state index contributed by atoms with van der Waals surface area (Å²) in [4.78, 5) is 12.4. The van der Waals surface area contributed by atoms with Crippen LogP contribution in [0, 0.1) is 0 Å². The van der Waals surface area contributed by atoms with Crippen molar-refractivity contribution in [3.05, 3.63) is 36.7 Å². The van der Waals surface area contributed by atoms with Gasteiger partial charge in [-0.3, -0.25) is 9.29 Å². The van der Waals surface area contributed by atoms with Gasteiger partial charge >= 0.3 is 29.6 Å². The van der Waals surface area contributed by atoms with Crippen molar-refractivity contribution in [3.63, 3.8) is 0 Å². The van der Waals surface area contributed by atoms with Crippen molar-refractivity contribution in [2.24, 2.45) is 0 Å². The molecule has 9 nitrogen and oxygen atoms in total. The summed E-state index contributed by atoms with van der Waals surface area (Å²) in [7, 11) is -1.00. The van der Waals surface area contributed by atoms with Crippen molar-refractivity contribution in [1.82, 2.24) is 19.8 Å². The fraction of sp³-hybridized carbons (Fsp3) is 0.565. The van der Waals surface area contributed by atoms with Crippen LogP contribution in [0.4, 0.5) is 16.0 Å². The van der Waals surface area contributed by atoms with Gasteiger partial charge in [-0.25, -0.2) is 9.97 Å². The number of anilines is 2. The van der Waals surface area contributed by atoms with Crippen LogP contribution in [0.25, 0.3) is 0 Å². The zero-order chi connectivity index (χ0) is 25.0. The number of nitrogen functional groups attached to an aromatic ring is 2. The molecule has 2 aliphatic rings. The molecule has 0 unspecified atom stereocenters. The van der Waals surface area contributed by atoms with E-state index in [4.69, 9.17) is 34.3 Å². The summed E-state index contributed by atoms with van der Waals surface area (Å²) in [6.45, 7) is 7.78. The van der Waals surface area contributed by atoms with Crippen LogP contribution in [0.5, 0.6) is 11.5 Å². The van der Waals surface area contributed by atoms with Crippen molar-refractivity contribution in [1.29, 1.82) is 0 Å². The Morgan fingerprint density at radius 3 is 1.83 bits per heavy atom. The van der Waals surface area contributed by atoms with Gasteiger partial charge in [0.05, 0.1) is 20.9 Å². The zero-order valence-corrected chi connectivity index (χ0v) is 24.6. The van der Waals surface area contributed by atoms with Gasteiger partial charge in [-0.2, -0.15) is 0 Å². The second-order valence-electron chi connectivity index (χ2n) is 7.49. The second kappa shape index (κ2) is 25.5. The molecule has 0 atom stereocenters. The standard InChI is InChI=1S/C11H17N3O.C6H12ClN.C5H6N2O.CH3F.ClH.Na.H2O/c12-11-4-3-10(9-13-11)15-8-7-14-5-1-2-6-14;7-3-6-8-4-1-2-5-8;6-5-2-1-4(8)3-7-5;1-2;;;/h3-4,9H,1-2,5-8H2,(H2,12,13);1-6H2;1-3,8H,(H2,6,7);1H3;1H;;1H2/q;;;;;+1;/p-1/i;;;1D;;;. The normalized spacial score (nSPS) is 14.4. The number of pyridine rings is 2.